The number of hydrogen-bond donors (Lipinski definition) is 1. The van der Waals surface area contributed by atoms with Crippen LogP contribution in [0.2, 0.25) is 5.15 Å². The number of carbonyl (C=O) groups is 1. The molecule has 0 unspecified atom stereocenters. The molecular formula is C12H9ClN2O2. The number of hydrogen-bond acceptors (Lipinski definition) is 3. The van der Waals surface area contributed by atoms with Crippen LogP contribution >= 0.6 is 11.6 Å². The average molecular weight is 249 g/mol. The molecule has 0 aliphatic carbocycles. The first-order valence-electron chi connectivity index (χ1n) is 4.94. The van der Waals surface area contributed by atoms with Crippen molar-refractivity contribution < 1.29 is 9.90 Å². The fraction of sp³-hybridized carbons (Fsp3) is 0.0833. The minimum atomic E-state index is -0.926. The van der Waals surface area contributed by atoms with Gasteiger partial charge in [0.2, 0.25) is 0 Å². The molecule has 0 bridgehead atoms. The van der Waals surface area contributed by atoms with E-state index in [1.807, 2.05) is 12.1 Å². The van der Waals surface area contributed by atoms with Gasteiger partial charge < -0.3 is 5.11 Å². The molecule has 2 rings (SSSR count). The van der Waals surface area contributed by atoms with Crippen molar-refractivity contribution in [3.63, 3.8) is 0 Å². The summed E-state index contributed by atoms with van der Waals surface area (Å²) in [5.41, 5.74) is 2.11. The van der Waals surface area contributed by atoms with E-state index in [1.165, 1.54) is 0 Å². The van der Waals surface area contributed by atoms with E-state index in [0.717, 1.165) is 11.1 Å². The summed E-state index contributed by atoms with van der Waals surface area (Å²) in [5.74, 6) is -0.926. The SMILES string of the molecule is O=C(O)Cc1ccc(-c2ccncc2)c(Cl)n1. The highest BCUT2D eigenvalue weighted by Crippen LogP contribution is 2.25. The predicted octanol–water partition coefficient (Wildman–Crippen LogP) is 2.42. The summed E-state index contributed by atoms with van der Waals surface area (Å²) in [6.07, 6.45) is 3.20. The van der Waals surface area contributed by atoms with Gasteiger partial charge in [-0.2, -0.15) is 0 Å². The van der Waals surface area contributed by atoms with Crippen LogP contribution in [0, 0.1) is 0 Å². The molecule has 4 nitrogen and oxygen atoms in total. The van der Waals surface area contributed by atoms with Gasteiger partial charge in [0.1, 0.15) is 5.15 Å². The number of nitrogens with zero attached hydrogens (tertiary/aromatic N) is 2. The van der Waals surface area contributed by atoms with Crippen molar-refractivity contribution in [1.29, 1.82) is 0 Å². The van der Waals surface area contributed by atoms with Gasteiger partial charge >= 0.3 is 5.97 Å². The zero-order valence-electron chi connectivity index (χ0n) is 8.80. The van der Waals surface area contributed by atoms with Crippen LogP contribution in [0.4, 0.5) is 0 Å². The van der Waals surface area contributed by atoms with Crippen LogP contribution in [0.15, 0.2) is 36.7 Å². The Morgan fingerprint density at radius 3 is 2.53 bits per heavy atom. The number of aliphatic carboxylic acids is 1. The normalized spacial score (nSPS) is 10.2. The predicted molar refractivity (Wildman–Crippen MR) is 63.8 cm³/mol. The lowest BCUT2D eigenvalue weighted by molar-refractivity contribution is -0.136. The average Bonchev–Trinajstić information content (AvgIpc) is 2.29. The Balaban J connectivity index is 2.35. The Morgan fingerprint density at radius 1 is 1.24 bits per heavy atom. The molecule has 0 fully saturated rings. The van der Waals surface area contributed by atoms with Gasteiger partial charge in [-0.25, -0.2) is 4.98 Å². The van der Waals surface area contributed by atoms with E-state index in [0.29, 0.717) is 10.8 Å². The number of pyridine rings is 2. The molecule has 2 aromatic rings. The molecule has 5 heteroatoms. The van der Waals surface area contributed by atoms with Crippen molar-refractivity contribution >= 4 is 17.6 Å². The van der Waals surface area contributed by atoms with Crippen LogP contribution in [0.1, 0.15) is 5.69 Å². The maximum absolute atomic E-state index is 10.5. The lowest BCUT2D eigenvalue weighted by atomic mass is 10.1. The summed E-state index contributed by atoms with van der Waals surface area (Å²) in [5, 5.41) is 8.95. The molecule has 0 aliphatic heterocycles. The van der Waals surface area contributed by atoms with Gasteiger partial charge in [-0.3, -0.25) is 9.78 Å². The van der Waals surface area contributed by atoms with Gasteiger partial charge in [-0.1, -0.05) is 11.6 Å². The molecule has 86 valence electrons. The van der Waals surface area contributed by atoms with Crippen molar-refractivity contribution in [2.24, 2.45) is 0 Å². The third-order valence-electron chi connectivity index (χ3n) is 2.23. The maximum atomic E-state index is 10.5. The summed E-state index contributed by atoms with van der Waals surface area (Å²) in [6.45, 7) is 0. The van der Waals surface area contributed by atoms with E-state index in [4.69, 9.17) is 16.7 Å². The fourth-order valence-corrected chi connectivity index (χ4v) is 1.75. The largest absolute Gasteiger partial charge is 0.481 e. The molecule has 0 saturated heterocycles. The molecule has 0 radical (unpaired) electrons. The molecule has 0 spiro atoms. The van der Waals surface area contributed by atoms with Crippen molar-refractivity contribution in [1.82, 2.24) is 9.97 Å². The number of carboxylic acid groups (broad SMARTS) is 1. The summed E-state index contributed by atoms with van der Waals surface area (Å²) in [6, 6.07) is 7.07. The number of halogens is 1. The van der Waals surface area contributed by atoms with Gasteiger partial charge in [0.25, 0.3) is 0 Å². The molecule has 1 N–H and O–H groups in total. The van der Waals surface area contributed by atoms with Crippen molar-refractivity contribution in [2.45, 2.75) is 6.42 Å². The lowest BCUT2D eigenvalue weighted by Crippen LogP contribution is -2.02. The molecular weight excluding hydrogens is 240 g/mol. The second kappa shape index (κ2) is 4.93. The van der Waals surface area contributed by atoms with Gasteiger partial charge in [0, 0.05) is 18.0 Å². The molecule has 2 aromatic heterocycles. The molecule has 2 heterocycles. The van der Waals surface area contributed by atoms with Crippen LogP contribution in [-0.4, -0.2) is 21.0 Å². The first-order valence-corrected chi connectivity index (χ1v) is 5.32. The van der Waals surface area contributed by atoms with Crippen molar-refractivity contribution in [2.75, 3.05) is 0 Å². The highest BCUT2D eigenvalue weighted by molar-refractivity contribution is 6.32. The van der Waals surface area contributed by atoms with Gasteiger partial charge in [-0.05, 0) is 29.8 Å². The van der Waals surface area contributed by atoms with E-state index in [1.54, 1.807) is 24.5 Å². The first-order chi connectivity index (χ1) is 8.16. The van der Waals surface area contributed by atoms with Crippen LogP contribution in [0.5, 0.6) is 0 Å². The van der Waals surface area contributed by atoms with Crippen molar-refractivity contribution in [3.8, 4) is 11.1 Å². The Hall–Kier alpha value is -1.94. The minimum absolute atomic E-state index is 0.129. The lowest BCUT2D eigenvalue weighted by Gasteiger charge is -2.05. The third-order valence-corrected chi connectivity index (χ3v) is 2.52. The second-order valence-corrected chi connectivity index (χ2v) is 3.81. The van der Waals surface area contributed by atoms with E-state index >= 15 is 0 Å². The zero-order chi connectivity index (χ0) is 12.3. The Morgan fingerprint density at radius 2 is 1.94 bits per heavy atom. The summed E-state index contributed by atoms with van der Waals surface area (Å²) in [7, 11) is 0. The Bertz CT molecular complexity index is 543. The Kier molecular flexibility index (Phi) is 3.35. The van der Waals surface area contributed by atoms with Crippen LogP contribution in [0.25, 0.3) is 11.1 Å². The number of carboxylic acids is 1. The van der Waals surface area contributed by atoms with E-state index < -0.39 is 5.97 Å². The maximum Gasteiger partial charge on any atom is 0.309 e. The third kappa shape index (κ3) is 2.79. The molecule has 0 saturated carbocycles. The van der Waals surface area contributed by atoms with Gasteiger partial charge in [0.15, 0.2) is 0 Å². The highest BCUT2D eigenvalue weighted by atomic mass is 35.5. The van der Waals surface area contributed by atoms with E-state index in [-0.39, 0.29) is 6.42 Å². The van der Waals surface area contributed by atoms with Gasteiger partial charge in [-0.15, -0.1) is 0 Å². The summed E-state index contributed by atoms with van der Waals surface area (Å²) in [4.78, 5) is 18.5. The van der Waals surface area contributed by atoms with E-state index in [9.17, 15) is 4.79 Å². The monoisotopic (exact) mass is 248 g/mol. The molecule has 0 aromatic carbocycles. The molecule has 0 amide bonds. The fourth-order valence-electron chi connectivity index (χ4n) is 1.47. The number of rotatable bonds is 3. The molecule has 17 heavy (non-hydrogen) atoms. The van der Waals surface area contributed by atoms with Crippen molar-refractivity contribution in [3.05, 3.63) is 47.5 Å². The smallest absolute Gasteiger partial charge is 0.309 e. The number of aromatic nitrogens is 2. The van der Waals surface area contributed by atoms with E-state index in [2.05, 4.69) is 9.97 Å². The standard InChI is InChI=1S/C12H9ClN2O2/c13-12-10(8-3-5-14-6-4-8)2-1-9(15-12)7-11(16)17/h1-6H,7H2,(H,16,17). The quantitative estimate of drug-likeness (QED) is 0.848. The Labute approximate surface area is 103 Å². The molecule has 0 atom stereocenters. The van der Waals surface area contributed by atoms with Crippen LogP contribution < -0.4 is 0 Å². The summed E-state index contributed by atoms with van der Waals surface area (Å²) < 4.78 is 0. The van der Waals surface area contributed by atoms with Crippen LogP contribution in [-0.2, 0) is 11.2 Å². The first kappa shape index (κ1) is 11.5. The van der Waals surface area contributed by atoms with Crippen LogP contribution in [0.3, 0.4) is 0 Å². The minimum Gasteiger partial charge on any atom is -0.481 e. The highest BCUT2D eigenvalue weighted by Gasteiger charge is 2.08. The summed E-state index contributed by atoms with van der Waals surface area (Å²) >= 11 is 6.02. The zero-order valence-corrected chi connectivity index (χ0v) is 9.55. The van der Waals surface area contributed by atoms with Gasteiger partial charge in [0.05, 0.1) is 12.1 Å². The topological polar surface area (TPSA) is 63.1 Å². The second-order valence-electron chi connectivity index (χ2n) is 3.45. The molecule has 0 aliphatic rings.